The van der Waals surface area contributed by atoms with Crippen molar-refractivity contribution in [1.82, 2.24) is 0 Å². The fourth-order valence-electron chi connectivity index (χ4n) is 1.15. The van der Waals surface area contributed by atoms with Crippen LogP contribution in [0.5, 0.6) is 0 Å². The van der Waals surface area contributed by atoms with Crippen LogP contribution in [-0.2, 0) is 6.18 Å². The average Bonchev–Trinajstić information content (AvgIpc) is 2.17. The monoisotopic (exact) mass is 230 g/mol. The molecule has 4 heteroatoms. The highest BCUT2D eigenvalue weighted by molar-refractivity contribution is 5.53. The molecule has 0 spiro atoms. The Morgan fingerprint density at radius 2 is 1.75 bits per heavy atom. The molecule has 0 fully saturated rings. The molecule has 0 aliphatic carbocycles. The summed E-state index contributed by atoms with van der Waals surface area (Å²) < 4.78 is 36.8. The average molecular weight is 230 g/mol. The summed E-state index contributed by atoms with van der Waals surface area (Å²) >= 11 is 0. The van der Waals surface area contributed by atoms with Crippen molar-refractivity contribution in [1.29, 1.82) is 0 Å². The van der Waals surface area contributed by atoms with Gasteiger partial charge >= 0.3 is 6.18 Å². The maximum Gasteiger partial charge on any atom is 0.416 e. The molecule has 1 aromatic carbocycles. The van der Waals surface area contributed by atoms with Gasteiger partial charge in [0.1, 0.15) is 0 Å². The Morgan fingerprint density at radius 3 is 2.12 bits per heavy atom. The highest BCUT2D eigenvalue weighted by Crippen LogP contribution is 2.29. The molecule has 16 heavy (non-hydrogen) atoms. The molecule has 0 aromatic heterocycles. The lowest BCUT2D eigenvalue weighted by Crippen LogP contribution is -2.04. The van der Waals surface area contributed by atoms with Crippen molar-refractivity contribution >= 4 is 6.08 Å². The van der Waals surface area contributed by atoms with E-state index in [1.165, 1.54) is 12.1 Å². The van der Waals surface area contributed by atoms with Gasteiger partial charge in [-0.3, -0.25) is 0 Å². The van der Waals surface area contributed by atoms with E-state index in [4.69, 9.17) is 0 Å². The first-order valence-electron chi connectivity index (χ1n) is 4.84. The fraction of sp³-hybridized carbons (Fsp3) is 0.333. The van der Waals surface area contributed by atoms with Gasteiger partial charge in [0.25, 0.3) is 0 Å². The molecule has 1 N–H and O–H groups in total. The summed E-state index contributed by atoms with van der Waals surface area (Å²) in [6, 6.07) is 4.83. The molecule has 0 aliphatic heterocycles. The van der Waals surface area contributed by atoms with E-state index in [0.29, 0.717) is 11.1 Å². The summed E-state index contributed by atoms with van der Waals surface area (Å²) in [5, 5.41) is 9.22. The first-order chi connectivity index (χ1) is 7.30. The minimum absolute atomic E-state index is 0.595. The summed E-state index contributed by atoms with van der Waals surface area (Å²) in [4.78, 5) is 0. The molecule has 0 aliphatic rings. The molecule has 0 heterocycles. The third-order valence-electron chi connectivity index (χ3n) is 2.29. The van der Waals surface area contributed by atoms with Crippen molar-refractivity contribution in [3.8, 4) is 0 Å². The highest BCUT2D eigenvalue weighted by Gasteiger charge is 2.29. The lowest BCUT2D eigenvalue weighted by atomic mass is 10.1. The van der Waals surface area contributed by atoms with Crippen LogP contribution in [0.1, 0.15) is 25.0 Å². The van der Waals surface area contributed by atoms with Gasteiger partial charge in [-0.15, -0.1) is 0 Å². The van der Waals surface area contributed by atoms with E-state index in [9.17, 15) is 18.3 Å². The first kappa shape index (κ1) is 12.8. The van der Waals surface area contributed by atoms with Crippen molar-refractivity contribution in [3.63, 3.8) is 0 Å². The summed E-state index contributed by atoms with van der Waals surface area (Å²) in [5.74, 6) is 0. The Balaban J connectivity index is 2.92. The number of alkyl halides is 3. The van der Waals surface area contributed by atoms with Gasteiger partial charge in [-0.25, -0.2) is 0 Å². The molecule has 1 nitrogen and oxygen atoms in total. The van der Waals surface area contributed by atoms with Gasteiger partial charge < -0.3 is 5.11 Å². The fourth-order valence-corrected chi connectivity index (χ4v) is 1.15. The second-order valence-corrected chi connectivity index (χ2v) is 3.68. The third kappa shape index (κ3) is 3.38. The second-order valence-electron chi connectivity index (χ2n) is 3.68. The number of hydrogen-bond donors (Lipinski definition) is 1. The predicted molar refractivity (Wildman–Crippen MR) is 56.8 cm³/mol. The van der Waals surface area contributed by atoms with E-state index in [-0.39, 0.29) is 0 Å². The number of rotatable bonds is 2. The van der Waals surface area contributed by atoms with Crippen LogP contribution in [0.25, 0.3) is 6.08 Å². The largest absolute Gasteiger partial charge is 0.416 e. The smallest absolute Gasteiger partial charge is 0.389 e. The van der Waals surface area contributed by atoms with E-state index >= 15 is 0 Å². The number of hydrogen-bond acceptors (Lipinski definition) is 1. The van der Waals surface area contributed by atoms with Crippen molar-refractivity contribution in [2.75, 3.05) is 0 Å². The molecule has 0 saturated heterocycles. The standard InChI is InChI=1S/C12H13F3O/c1-8(9(2)16)7-10-3-5-11(6-4-10)12(13,14)15/h3-7,9,16H,1-2H3/b8-7+/t9-/m1/s1. The van der Waals surface area contributed by atoms with Crippen molar-refractivity contribution in [3.05, 3.63) is 41.0 Å². The van der Waals surface area contributed by atoms with E-state index in [2.05, 4.69) is 0 Å². The zero-order valence-corrected chi connectivity index (χ0v) is 9.05. The summed E-state index contributed by atoms with van der Waals surface area (Å²) in [6.45, 7) is 3.33. The Labute approximate surface area is 92.2 Å². The molecule has 0 amide bonds. The zero-order chi connectivity index (χ0) is 12.3. The Hall–Kier alpha value is -1.29. The topological polar surface area (TPSA) is 20.2 Å². The van der Waals surface area contributed by atoms with Gasteiger partial charge in [0.15, 0.2) is 0 Å². The molecule has 0 unspecified atom stereocenters. The van der Waals surface area contributed by atoms with Gasteiger partial charge in [-0.2, -0.15) is 13.2 Å². The number of halogens is 3. The molecule has 0 saturated carbocycles. The number of aliphatic hydroxyl groups excluding tert-OH is 1. The van der Waals surface area contributed by atoms with E-state index < -0.39 is 17.8 Å². The Bertz CT molecular complexity index is 374. The predicted octanol–water partition coefficient (Wildman–Crippen LogP) is 3.49. The normalized spacial score (nSPS) is 15.0. The molecule has 1 aromatic rings. The molecule has 1 atom stereocenters. The van der Waals surface area contributed by atoms with Gasteiger partial charge in [0.2, 0.25) is 0 Å². The Morgan fingerprint density at radius 1 is 1.25 bits per heavy atom. The van der Waals surface area contributed by atoms with Crippen LogP contribution in [0, 0.1) is 0 Å². The molecule has 0 radical (unpaired) electrons. The van der Waals surface area contributed by atoms with Gasteiger partial charge in [-0.1, -0.05) is 18.2 Å². The zero-order valence-electron chi connectivity index (χ0n) is 9.05. The van der Waals surface area contributed by atoms with Crippen LogP contribution in [0.2, 0.25) is 0 Å². The van der Waals surface area contributed by atoms with Crippen LogP contribution >= 0.6 is 0 Å². The maximum absolute atomic E-state index is 12.3. The van der Waals surface area contributed by atoms with Crippen molar-refractivity contribution < 1.29 is 18.3 Å². The quantitative estimate of drug-likeness (QED) is 0.824. The maximum atomic E-state index is 12.3. The SMILES string of the molecule is C/C(=C\c1ccc(C(F)(F)F)cc1)[C@@H](C)O. The van der Waals surface area contributed by atoms with Gasteiger partial charge in [-0.05, 0) is 37.1 Å². The van der Waals surface area contributed by atoms with E-state index in [1.54, 1.807) is 19.9 Å². The number of aliphatic hydroxyl groups is 1. The summed E-state index contributed by atoms with van der Waals surface area (Å²) in [5.41, 5.74) is 0.686. The van der Waals surface area contributed by atoms with Crippen LogP contribution in [0.15, 0.2) is 29.8 Å². The summed E-state index contributed by atoms with van der Waals surface area (Å²) in [6.07, 6.45) is -3.24. The third-order valence-corrected chi connectivity index (χ3v) is 2.29. The summed E-state index contributed by atoms with van der Waals surface area (Å²) in [7, 11) is 0. The van der Waals surface area contributed by atoms with Crippen LogP contribution < -0.4 is 0 Å². The van der Waals surface area contributed by atoms with Crippen LogP contribution in [0.3, 0.4) is 0 Å². The molecule has 88 valence electrons. The second kappa shape index (κ2) is 4.70. The van der Waals surface area contributed by atoms with Crippen molar-refractivity contribution in [2.24, 2.45) is 0 Å². The van der Waals surface area contributed by atoms with Crippen LogP contribution in [0.4, 0.5) is 13.2 Å². The molecular formula is C12H13F3O. The molecule has 0 bridgehead atoms. The minimum Gasteiger partial charge on any atom is -0.389 e. The van der Waals surface area contributed by atoms with Crippen LogP contribution in [-0.4, -0.2) is 11.2 Å². The molecular weight excluding hydrogens is 217 g/mol. The highest BCUT2D eigenvalue weighted by atomic mass is 19.4. The first-order valence-corrected chi connectivity index (χ1v) is 4.84. The minimum atomic E-state index is -4.30. The van der Waals surface area contributed by atoms with E-state index in [1.807, 2.05) is 0 Å². The van der Waals surface area contributed by atoms with Crippen molar-refractivity contribution in [2.45, 2.75) is 26.1 Å². The Kier molecular flexibility index (Phi) is 3.75. The lowest BCUT2D eigenvalue weighted by molar-refractivity contribution is -0.137. The lowest BCUT2D eigenvalue weighted by Gasteiger charge is -2.07. The van der Waals surface area contributed by atoms with E-state index in [0.717, 1.165) is 12.1 Å². The number of benzene rings is 1. The van der Waals surface area contributed by atoms with Gasteiger partial charge in [0.05, 0.1) is 11.7 Å². The molecule has 1 rings (SSSR count). The van der Waals surface area contributed by atoms with Gasteiger partial charge in [0, 0.05) is 0 Å².